The standard InChI is InChI=1S/C13H19NO4/c1-13(2,3)18-12(16)11(15)8-17-10-6-4-9(14)5-7-10/h4-7,11,15H,8,14H2,1-3H3. The number of benzene rings is 1. The zero-order valence-electron chi connectivity index (χ0n) is 10.8. The highest BCUT2D eigenvalue weighted by Gasteiger charge is 2.23. The highest BCUT2D eigenvalue weighted by atomic mass is 16.6. The molecule has 5 nitrogen and oxygen atoms in total. The van der Waals surface area contributed by atoms with Crippen LogP contribution in [0.2, 0.25) is 0 Å². The van der Waals surface area contributed by atoms with Crippen molar-refractivity contribution in [1.29, 1.82) is 0 Å². The summed E-state index contributed by atoms with van der Waals surface area (Å²) in [5, 5.41) is 9.57. The number of ether oxygens (including phenoxy) is 2. The summed E-state index contributed by atoms with van der Waals surface area (Å²) in [4.78, 5) is 11.5. The predicted molar refractivity (Wildman–Crippen MR) is 68.2 cm³/mol. The van der Waals surface area contributed by atoms with E-state index in [9.17, 15) is 9.90 Å². The maximum Gasteiger partial charge on any atom is 0.339 e. The predicted octanol–water partition coefficient (Wildman–Crippen LogP) is 1.35. The second-order valence-corrected chi connectivity index (χ2v) is 4.93. The van der Waals surface area contributed by atoms with Gasteiger partial charge in [-0.2, -0.15) is 0 Å². The van der Waals surface area contributed by atoms with Gasteiger partial charge >= 0.3 is 5.97 Å². The number of hydrogen-bond donors (Lipinski definition) is 2. The molecule has 0 radical (unpaired) electrons. The highest BCUT2D eigenvalue weighted by Crippen LogP contribution is 2.14. The Balaban J connectivity index is 2.43. The van der Waals surface area contributed by atoms with Crippen molar-refractivity contribution in [3.8, 4) is 5.75 Å². The number of aliphatic hydroxyl groups is 1. The van der Waals surface area contributed by atoms with Crippen LogP contribution in [0.25, 0.3) is 0 Å². The molecular weight excluding hydrogens is 234 g/mol. The second kappa shape index (κ2) is 5.73. The molecule has 1 unspecified atom stereocenters. The number of nitrogen functional groups attached to an aromatic ring is 1. The summed E-state index contributed by atoms with van der Waals surface area (Å²) in [7, 11) is 0. The summed E-state index contributed by atoms with van der Waals surface area (Å²) in [5.41, 5.74) is 5.52. The van der Waals surface area contributed by atoms with Crippen molar-refractivity contribution in [3.05, 3.63) is 24.3 Å². The van der Waals surface area contributed by atoms with Crippen LogP contribution in [0.15, 0.2) is 24.3 Å². The topological polar surface area (TPSA) is 81.8 Å². The molecule has 0 bridgehead atoms. The first kappa shape index (κ1) is 14.3. The van der Waals surface area contributed by atoms with Crippen LogP contribution in [0.1, 0.15) is 20.8 Å². The fourth-order valence-electron chi connectivity index (χ4n) is 1.18. The van der Waals surface area contributed by atoms with Crippen LogP contribution in [-0.2, 0) is 9.53 Å². The first-order valence-electron chi connectivity index (χ1n) is 5.67. The molecule has 0 saturated carbocycles. The van der Waals surface area contributed by atoms with Gasteiger partial charge in [0.15, 0.2) is 6.10 Å². The third-order valence-corrected chi connectivity index (χ3v) is 1.97. The molecular formula is C13H19NO4. The van der Waals surface area contributed by atoms with E-state index in [0.29, 0.717) is 11.4 Å². The Kier molecular flexibility index (Phi) is 4.55. The van der Waals surface area contributed by atoms with Crippen LogP contribution < -0.4 is 10.5 Å². The summed E-state index contributed by atoms with van der Waals surface area (Å²) in [5.74, 6) is -0.162. The van der Waals surface area contributed by atoms with Crippen LogP contribution >= 0.6 is 0 Å². The summed E-state index contributed by atoms with van der Waals surface area (Å²) in [6, 6.07) is 6.68. The molecule has 1 rings (SSSR count). The Morgan fingerprint density at radius 2 is 1.89 bits per heavy atom. The van der Waals surface area contributed by atoms with Gasteiger partial charge in [0.05, 0.1) is 0 Å². The first-order valence-corrected chi connectivity index (χ1v) is 5.67. The highest BCUT2D eigenvalue weighted by molar-refractivity contribution is 5.74. The van der Waals surface area contributed by atoms with Gasteiger partial charge in [-0.3, -0.25) is 0 Å². The molecule has 0 aliphatic rings. The maximum absolute atomic E-state index is 11.5. The van der Waals surface area contributed by atoms with Crippen LogP contribution in [0.5, 0.6) is 5.75 Å². The molecule has 1 aromatic rings. The van der Waals surface area contributed by atoms with Gasteiger partial charge in [-0.25, -0.2) is 4.79 Å². The van der Waals surface area contributed by atoms with Gasteiger partial charge in [-0.1, -0.05) is 0 Å². The average Bonchev–Trinajstić information content (AvgIpc) is 2.25. The lowest BCUT2D eigenvalue weighted by atomic mass is 10.2. The van der Waals surface area contributed by atoms with Gasteiger partial charge in [0, 0.05) is 5.69 Å². The van der Waals surface area contributed by atoms with Crippen molar-refractivity contribution in [1.82, 2.24) is 0 Å². The van der Waals surface area contributed by atoms with E-state index in [2.05, 4.69) is 0 Å². The number of aliphatic hydroxyl groups excluding tert-OH is 1. The number of rotatable bonds is 4. The smallest absolute Gasteiger partial charge is 0.339 e. The largest absolute Gasteiger partial charge is 0.490 e. The molecule has 0 aromatic heterocycles. The molecule has 3 N–H and O–H groups in total. The summed E-state index contributed by atoms with van der Waals surface area (Å²) < 4.78 is 10.3. The molecule has 5 heteroatoms. The third-order valence-electron chi connectivity index (χ3n) is 1.97. The van der Waals surface area contributed by atoms with Gasteiger partial charge in [-0.15, -0.1) is 0 Å². The zero-order valence-corrected chi connectivity index (χ0v) is 10.8. The van der Waals surface area contributed by atoms with Gasteiger partial charge in [0.1, 0.15) is 18.0 Å². The average molecular weight is 253 g/mol. The van der Waals surface area contributed by atoms with E-state index < -0.39 is 17.7 Å². The Labute approximate surface area is 107 Å². The van der Waals surface area contributed by atoms with Crippen molar-refractivity contribution in [2.75, 3.05) is 12.3 Å². The van der Waals surface area contributed by atoms with Crippen molar-refractivity contribution < 1.29 is 19.4 Å². The van der Waals surface area contributed by atoms with E-state index in [1.807, 2.05) is 0 Å². The number of hydrogen-bond acceptors (Lipinski definition) is 5. The lowest BCUT2D eigenvalue weighted by molar-refractivity contribution is -0.166. The third kappa shape index (κ3) is 5.05. The number of carbonyl (C=O) groups is 1. The fourth-order valence-corrected chi connectivity index (χ4v) is 1.18. The van der Waals surface area contributed by atoms with Crippen LogP contribution in [0.3, 0.4) is 0 Å². The quantitative estimate of drug-likeness (QED) is 0.625. The van der Waals surface area contributed by atoms with Gasteiger partial charge in [0.25, 0.3) is 0 Å². The van der Waals surface area contributed by atoms with E-state index >= 15 is 0 Å². The fraction of sp³-hybridized carbons (Fsp3) is 0.462. The normalized spacial score (nSPS) is 12.9. The first-order chi connectivity index (χ1) is 8.28. The Bertz CT molecular complexity index is 394. The van der Waals surface area contributed by atoms with Crippen LogP contribution in [-0.4, -0.2) is 29.4 Å². The summed E-state index contributed by atoms with van der Waals surface area (Å²) in [6.45, 7) is 5.05. The van der Waals surface area contributed by atoms with Crippen LogP contribution in [0.4, 0.5) is 5.69 Å². The summed E-state index contributed by atoms with van der Waals surface area (Å²) in [6.07, 6.45) is -1.30. The van der Waals surface area contributed by atoms with Gasteiger partial charge in [0.2, 0.25) is 0 Å². The SMILES string of the molecule is CC(C)(C)OC(=O)C(O)COc1ccc(N)cc1. The number of nitrogens with two attached hydrogens (primary N) is 1. The molecule has 1 aromatic carbocycles. The zero-order chi connectivity index (χ0) is 13.8. The van der Waals surface area contributed by atoms with E-state index in [4.69, 9.17) is 15.2 Å². The summed E-state index contributed by atoms with van der Waals surface area (Å²) >= 11 is 0. The van der Waals surface area contributed by atoms with E-state index in [1.54, 1.807) is 45.0 Å². The van der Waals surface area contributed by atoms with Crippen molar-refractivity contribution >= 4 is 11.7 Å². The van der Waals surface area contributed by atoms with E-state index in [1.165, 1.54) is 0 Å². The Morgan fingerprint density at radius 1 is 1.33 bits per heavy atom. The minimum atomic E-state index is -1.30. The second-order valence-electron chi connectivity index (χ2n) is 4.93. The lowest BCUT2D eigenvalue weighted by Gasteiger charge is -2.21. The van der Waals surface area contributed by atoms with Gasteiger partial charge < -0.3 is 20.3 Å². The van der Waals surface area contributed by atoms with Gasteiger partial charge in [-0.05, 0) is 45.0 Å². The van der Waals surface area contributed by atoms with Crippen molar-refractivity contribution in [3.63, 3.8) is 0 Å². The molecule has 0 aliphatic heterocycles. The number of anilines is 1. The number of carbonyl (C=O) groups excluding carboxylic acids is 1. The molecule has 0 fully saturated rings. The molecule has 0 aliphatic carbocycles. The number of esters is 1. The molecule has 0 saturated heterocycles. The van der Waals surface area contributed by atoms with Crippen molar-refractivity contribution in [2.45, 2.75) is 32.5 Å². The van der Waals surface area contributed by atoms with E-state index in [0.717, 1.165) is 0 Å². The molecule has 0 heterocycles. The minimum Gasteiger partial charge on any atom is -0.490 e. The van der Waals surface area contributed by atoms with Crippen molar-refractivity contribution in [2.24, 2.45) is 0 Å². The molecule has 0 spiro atoms. The Hall–Kier alpha value is -1.75. The molecule has 1 atom stereocenters. The maximum atomic E-state index is 11.5. The van der Waals surface area contributed by atoms with Crippen LogP contribution in [0, 0.1) is 0 Å². The minimum absolute atomic E-state index is 0.154. The molecule has 100 valence electrons. The Morgan fingerprint density at radius 3 is 2.39 bits per heavy atom. The lowest BCUT2D eigenvalue weighted by Crippen LogP contribution is -2.35. The molecule has 18 heavy (non-hydrogen) atoms. The van der Waals surface area contributed by atoms with E-state index in [-0.39, 0.29) is 6.61 Å². The molecule has 0 amide bonds. The monoisotopic (exact) mass is 253 g/mol.